The number of nitrogens with zero attached hydrogens (tertiary/aromatic N) is 3. The molecule has 1 saturated heterocycles. The van der Waals surface area contributed by atoms with E-state index in [-0.39, 0.29) is 30.2 Å². The minimum absolute atomic E-state index is 0. The highest BCUT2D eigenvalue weighted by Gasteiger charge is 2.36. The highest BCUT2D eigenvalue weighted by Crippen LogP contribution is 2.34. The average molecular weight is 426 g/mol. The van der Waals surface area contributed by atoms with Crippen molar-refractivity contribution in [2.75, 3.05) is 26.7 Å². The molecule has 2 aliphatic rings. The average Bonchev–Trinajstić information content (AvgIpc) is 3.06. The van der Waals surface area contributed by atoms with Gasteiger partial charge in [0.2, 0.25) is 0 Å². The summed E-state index contributed by atoms with van der Waals surface area (Å²) in [5.41, 5.74) is 6.73. The summed E-state index contributed by atoms with van der Waals surface area (Å²) < 4.78 is 0. The molecule has 0 bridgehead atoms. The third-order valence-corrected chi connectivity index (χ3v) is 6.15. The second kappa shape index (κ2) is 10.1. The predicted molar refractivity (Wildman–Crippen MR) is 119 cm³/mol. The lowest BCUT2D eigenvalue weighted by atomic mass is 9.75. The molecular formula is C21H33Cl2N5. The smallest absolute Gasteiger partial charge is 0.0796 e. The number of aromatic nitrogens is 3. The van der Waals surface area contributed by atoms with Crippen molar-refractivity contribution in [1.29, 1.82) is 0 Å². The number of pyridine rings is 1. The van der Waals surface area contributed by atoms with E-state index in [1.54, 1.807) is 0 Å². The molecule has 0 amide bonds. The van der Waals surface area contributed by atoms with Crippen molar-refractivity contribution in [3.05, 3.63) is 46.5 Å². The minimum Gasteiger partial charge on any atom is -0.317 e. The van der Waals surface area contributed by atoms with Gasteiger partial charge in [0.05, 0.1) is 5.69 Å². The molecule has 1 aliphatic carbocycles. The van der Waals surface area contributed by atoms with Gasteiger partial charge in [0.1, 0.15) is 0 Å². The van der Waals surface area contributed by atoms with Gasteiger partial charge in [-0.25, -0.2) is 0 Å². The molecule has 156 valence electrons. The van der Waals surface area contributed by atoms with E-state index in [0.717, 1.165) is 45.4 Å². The van der Waals surface area contributed by atoms with Gasteiger partial charge in [-0.15, -0.1) is 24.8 Å². The fourth-order valence-electron chi connectivity index (χ4n) is 4.69. The second-order valence-corrected chi connectivity index (χ2v) is 8.26. The molecule has 0 spiro atoms. The lowest BCUT2D eigenvalue weighted by Crippen LogP contribution is -2.47. The largest absolute Gasteiger partial charge is 0.317 e. The van der Waals surface area contributed by atoms with Crippen LogP contribution in [0.1, 0.15) is 53.9 Å². The van der Waals surface area contributed by atoms with Crippen molar-refractivity contribution in [3.63, 3.8) is 0 Å². The summed E-state index contributed by atoms with van der Waals surface area (Å²) in [6, 6.07) is 4.45. The summed E-state index contributed by atoms with van der Waals surface area (Å²) in [4.78, 5) is 7.27. The molecule has 0 unspecified atom stereocenters. The Labute approximate surface area is 180 Å². The number of piperidine rings is 1. The topological polar surface area (TPSA) is 56.8 Å². The summed E-state index contributed by atoms with van der Waals surface area (Å²) in [7, 11) is 2.24. The first-order chi connectivity index (χ1) is 12.7. The van der Waals surface area contributed by atoms with Crippen molar-refractivity contribution < 1.29 is 0 Å². The molecular weight excluding hydrogens is 393 g/mol. The Morgan fingerprint density at radius 1 is 1.11 bits per heavy atom. The number of fused-ring (bicyclic) bond motifs is 1. The maximum atomic E-state index is 4.82. The number of aromatic amines is 1. The van der Waals surface area contributed by atoms with Gasteiger partial charge in [0, 0.05) is 36.1 Å². The molecule has 7 heteroatoms. The quantitative estimate of drug-likeness (QED) is 0.768. The van der Waals surface area contributed by atoms with Crippen molar-refractivity contribution >= 4 is 24.8 Å². The Bertz CT molecular complexity index is 738. The van der Waals surface area contributed by atoms with E-state index >= 15 is 0 Å². The van der Waals surface area contributed by atoms with Crippen LogP contribution in [0.5, 0.6) is 0 Å². The van der Waals surface area contributed by atoms with Gasteiger partial charge >= 0.3 is 0 Å². The number of aryl methyl sites for hydroxylation is 2. The Morgan fingerprint density at radius 3 is 2.57 bits per heavy atom. The highest BCUT2D eigenvalue weighted by molar-refractivity contribution is 5.85. The molecule has 3 heterocycles. The van der Waals surface area contributed by atoms with Gasteiger partial charge in [-0.2, -0.15) is 5.10 Å². The summed E-state index contributed by atoms with van der Waals surface area (Å²) in [6.45, 7) is 6.21. The van der Waals surface area contributed by atoms with E-state index < -0.39 is 0 Å². The number of hydrogen-bond acceptors (Lipinski definition) is 4. The van der Waals surface area contributed by atoms with Crippen molar-refractivity contribution in [1.82, 2.24) is 25.4 Å². The van der Waals surface area contributed by atoms with Gasteiger partial charge < -0.3 is 5.32 Å². The first-order valence-electron chi connectivity index (χ1n) is 10.0. The third kappa shape index (κ3) is 4.88. The van der Waals surface area contributed by atoms with Crippen LogP contribution in [0.25, 0.3) is 0 Å². The van der Waals surface area contributed by atoms with Gasteiger partial charge in [0.25, 0.3) is 0 Å². The van der Waals surface area contributed by atoms with Gasteiger partial charge in [0.15, 0.2) is 0 Å². The molecule has 4 rings (SSSR count). The number of hydrogen-bond donors (Lipinski definition) is 2. The van der Waals surface area contributed by atoms with Crippen LogP contribution in [0, 0.1) is 6.92 Å². The highest BCUT2D eigenvalue weighted by atomic mass is 35.5. The third-order valence-electron chi connectivity index (χ3n) is 6.15. The first-order valence-corrected chi connectivity index (χ1v) is 10.0. The number of rotatable bonds is 5. The Kier molecular flexibility index (Phi) is 8.31. The zero-order valence-electron chi connectivity index (χ0n) is 17.0. The molecule has 28 heavy (non-hydrogen) atoms. The van der Waals surface area contributed by atoms with Crippen molar-refractivity contribution in [2.24, 2.45) is 0 Å². The zero-order chi connectivity index (χ0) is 18.0. The predicted octanol–water partition coefficient (Wildman–Crippen LogP) is 3.59. The van der Waals surface area contributed by atoms with Gasteiger partial charge in [-0.1, -0.05) is 6.07 Å². The van der Waals surface area contributed by atoms with Crippen molar-refractivity contribution in [3.8, 4) is 0 Å². The Hall–Kier alpha value is -1.14. The van der Waals surface area contributed by atoms with E-state index in [1.807, 2.05) is 6.20 Å². The van der Waals surface area contributed by atoms with E-state index in [4.69, 9.17) is 4.98 Å². The second-order valence-electron chi connectivity index (χ2n) is 8.26. The van der Waals surface area contributed by atoms with Crippen LogP contribution in [0.4, 0.5) is 0 Å². The fraction of sp³-hybridized carbons (Fsp3) is 0.619. The van der Waals surface area contributed by atoms with E-state index in [9.17, 15) is 0 Å². The van der Waals surface area contributed by atoms with Crippen LogP contribution in [0.15, 0.2) is 18.3 Å². The zero-order valence-corrected chi connectivity index (χ0v) is 18.6. The Balaban J connectivity index is 0.00000140. The van der Waals surface area contributed by atoms with Crippen molar-refractivity contribution in [2.45, 2.75) is 57.4 Å². The molecule has 5 nitrogen and oxygen atoms in total. The molecule has 0 atom stereocenters. The van der Waals surface area contributed by atoms with Gasteiger partial charge in [-0.3, -0.25) is 15.0 Å². The van der Waals surface area contributed by atoms with Crippen LogP contribution in [-0.2, 0) is 24.8 Å². The number of H-pyrrole nitrogens is 1. The number of likely N-dealkylation sites (N-methyl/N-ethyl adjacent to an activating group) is 1. The van der Waals surface area contributed by atoms with Crippen LogP contribution < -0.4 is 5.32 Å². The monoisotopic (exact) mass is 425 g/mol. The lowest BCUT2D eigenvalue weighted by molar-refractivity contribution is 0.190. The maximum Gasteiger partial charge on any atom is 0.0796 e. The summed E-state index contributed by atoms with van der Waals surface area (Å²) in [5, 5.41) is 11.4. The normalized spacial score (nSPS) is 18.1. The van der Waals surface area contributed by atoms with E-state index in [0.29, 0.717) is 0 Å². The number of halogens is 2. The molecule has 0 saturated carbocycles. The minimum atomic E-state index is 0. The molecule has 0 aromatic carbocycles. The van der Waals surface area contributed by atoms with Crippen LogP contribution in [0.3, 0.4) is 0 Å². The molecule has 0 radical (unpaired) electrons. The standard InChI is InChI=1S/C21H31N5.2ClH/c1-16-7-8-20(23-13-16)21(9-11-22-12-10-21)15-26(2)14-19-17-5-3-4-6-18(17)24-25-19;;/h7-8,13,22H,3-6,9-12,14-15H2,1-2H3,(H,24,25);2*1H. The van der Waals surface area contributed by atoms with Gasteiger partial charge in [-0.05, 0) is 82.8 Å². The first kappa shape index (κ1) is 23.1. The molecule has 1 fully saturated rings. The van der Waals surface area contributed by atoms with E-state index in [2.05, 4.69) is 46.5 Å². The summed E-state index contributed by atoms with van der Waals surface area (Å²) >= 11 is 0. The van der Waals surface area contributed by atoms with Crippen LogP contribution >= 0.6 is 24.8 Å². The number of nitrogens with one attached hydrogen (secondary N) is 2. The summed E-state index contributed by atoms with van der Waals surface area (Å²) in [5.74, 6) is 0. The van der Waals surface area contributed by atoms with E-state index in [1.165, 1.54) is 47.5 Å². The molecule has 1 aliphatic heterocycles. The lowest BCUT2D eigenvalue weighted by Gasteiger charge is -2.40. The maximum absolute atomic E-state index is 4.82. The van der Waals surface area contributed by atoms with Crippen LogP contribution in [0.2, 0.25) is 0 Å². The molecule has 2 N–H and O–H groups in total. The van der Waals surface area contributed by atoms with Crippen LogP contribution in [-0.4, -0.2) is 46.8 Å². The fourth-order valence-corrected chi connectivity index (χ4v) is 4.69. The summed E-state index contributed by atoms with van der Waals surface area (Å²) in [6.07, 6.45) is 9.24. The molecule has 2 aromatic heterocycles. The molecule has 2 aromatic rings. The Morgan fingerprint density at radius 2 is 1.86 bits per heavy atom. The SMILES string of the molecule is Cc1ccc(C2(CN(C)Cc3n[nH]c4c3CCCC4)CCNCC2)nc1.Cl.Cl.